The molecular formula is C15H17NO2. The molecule has 0 spiro atoms. The van der Waals surface area contributed by atoms with E-state index in [1.54, 1.807) is 12.4 Å². The highest BCUT2D eigenvalue weighted by atomic mass is 16.5. The first kappa shape index (κ1) is 11.6. The number of carbonyl (C=O) groups is 1. The lowest BCUT2D eigenvalue weighted by Gasteiger charge is -2.33. The molecular weight excluding hydrogens is 226 g/mol. The van der Waals surface area contributed by atoms with E-state index in [0.717, 1.165) is 17.5 Å². The van der Waals surface area contributed by atoms with Gasteiger partial charge in [-0.05, 0) is 24.0 Å². The minimum atomic E-state index is 0.218. The summed E-state index contributed by atoms with van der Waals surface area (Å²) in [5, 5.41) is 0. The molecule has 0 saturated heterocycles. The fourth-order valence-corrected chi connectivity index (χ4v) is 2.76. The Morgan fingerprint density at radius 2 is 2.22 bits per heavy atom. The van der Waals surface area contributed by atoms with E-state index in [9.17, 15) is 4.79 Å². The van der Waals surface area contributed by atoms with Gasteiger partial charge in [0.2, 0.25) is 0 Å². The average molecular weight is 243 g/mol. The van der Waals surface area contributed by atoms with E-state index >= 15 is 0 Å². The van der Waals surface area contributed by atoms with E-state index in [1.807, 2.05) is 6.07 Å². The highest BCUT2D eigenvalue weighted by molar-refractivity contribution is 6.05. The lowest BCUT2D eigenvalue weighted by molar-refractivity contribution is 0.0350. The van der Waals surface area contributed by atoms with Gasteiger partial charge in [-0.2, -0.15) is 0 Å². The molecule has 94 valence electrons. The van der Waals surface area contributed by atoms with Crippen LogP contribution >= 0.6 is 0 Å². The number of hydrogen-bond donors (Lipinski definition) is 0. The second-order valence-corrected chi connectivity index (χ2v) is 5.40. The van der Waals surface area contributed by atoms with Gasteiger partial charge in [0.15, 0.2) is 5.78 Å². The molecule has 0 radical (unpaired) electrons. The molecule has 1 atom stereocenters. The first-order chi connectivity index (χ1) is 8.66. The zero-order chi connectivity index (χ0) is 12.7. The van der Waals surface area contributed by atoms with E-state index in [0.29, 0.717) is 18.9 Å². The lowest BCUT2D eigenvalue weighted by Crippen LogP contribution is -2.29. The molecule has 2 aliphatic rings. The third-order valence-corrected chi connectivity index (χ3v) is 3.88. The Bertz CT molecular complexity index is 531. The van der Waals surface area contributed by atoms with Crippen molar-refractivity contribution in [3.8, 4) is 0 Å². The van der Waals surface area contributed by atoms with Crippen molar-refractivity contribution in [2.45, 2.75) is 32.8 Å². The van der Waals surface area contributed by atoms with Gasteiger partial charge in [0.05, 0.1) is 12.7 Å². The van der Waals surface area contributed by atoms with Gasteiger partial charge in [-0.1, -0.05) is 19.4 Å². The van der Waals surface area contributed by atoms with Crippen molar-refractivity contribution in [3.63, 3.8) is 0 Å². The topological polar surface area (TPSA) is 39.2 Å². The highest BCUT2D eigenvalue weighted by Gasteiger charge is 2.31. The van der Waals surface area contributed by atoms with Crippen LogP contribution in [0.2, 0.25) is 0 Å². The third-order valence-electron chi connectivity index (χ3n) is 3.88. The van der Waals surface area contributed by atoms with E-state index in [4.69, 9.17) is 4.74 Å². The number of Topliss-reactive ketones (excluding diaryl/α,β-unsaturated/α-hetero) is 1. The number of nitrogens with zero attached hydrogens (tertiary/aromatic N) is 1. The summed E-state index contributed by atoms with van der Waals surface area (Å²) in [4.78, 5) is 16.2. The van der Waals surface area contributed by atoms with Gasteiger partial charge in [0.1, 0.15) is 0 Å². The predicted octanol–water partition coefficient (Wildman–Crippen LogP) is 2.87. The number of pyridine rings is 1. The second-order valence-electron chi connectivity index (χ2n) is 5.40. The normalized spacial score (nSPS) is 23.1. The third kappa shape index (κ3) is 1.79. The molecule has 1 unspecified atom stereocenters. The monoisotopic (exact) mass is 243 g/mol. The molecule has 1 aromatic heterocycles. The molecule has 2 heterocycles. The molecule has 0 amide bonds. The highest BCUT2D eigenvalue weighted by Crippen LogP contribution is 2.37. The molecule has 0 aromatic carbocycles. The summed E-state index contributed by atoms with van der Waals surface area (Å²) in [7, 11) is 0. The van der Waals surface area contributed by atoms with Crippen LogP contribution in [-0.4, -0.2) is 23.5 Å². The Kier molecular flexibility index (Phi) is 2.78. The van der Waals surface area contributed by atoms with Crippen LogP contribution in [0.4, 0.5) is 0 Å². The van der Waals surface area contributed by atoms with Gasteiger partial charge in [0, 0.05) is 29.9 Å². The maximum atomic E-state index is 12.1. The number of aromatic nitrogens is 1. The number of hydrogen-bond acceptors (Lipinski definition) is 3. The molecule has 0 fully saturated rings. The Morgan fingerprint density at radius 3 is 3.00 bits per heavy atom. The molecule has 3 nitrogen and oxygen atoms in total. The summed E-state index contributed by atoms with van der Waals surface area (Å²) in [6.45, 7) is 4.94. The zero-order valence-electron chi connectivity index (χ0n) is 10.8. The Hall–Kier alpha value is -1.48. The van der Waals surface area contributed by atoms with Gasteiger partial charge in [-0.15, -0.1) is 0 Å². The summed E-state index contributed by atoms with van der Waals surface area (Å²) in [6.07, 6.45) is 5.16. The lowest BCUT2D eigenvalue weighted by atomic mass is 9.81. The summed E-state index contributed by atoms with van der Waals surface area (Å²) in [6, 6.07) is 1.82. The molecule has 1 aliphatic carbocycles. The van der Waals surface area contributed by atoms with Crippen molar-refractivity contribution in [1.82, 2.24) is 4.98 Å². The van der Waals surface area contributed by atoms with Crippen molar-refractivity contribution in [2.24, 2.45) is 5.92 Å². The largest absolute Gasteiger partial charge is 0.373 e. The number of ether oxygens (including phenoxy) is 1. The van der Waals surface area contributed by atoms with E-state index in [1.165, 1.54) is 11.1 Å². The second kappa shape index (κ2) is 4.32. The fourth-order valence-electron chi connectivity index (χ4n) is 2.76. The quantitative estimate of drug-likeness (QED) is 0.761. The summed E-state index contributed by atoms with van der Waals surface area (Å²) in [5.74, 6) is 0.708. The van der Waals surface area contributed by atoms with Crippen LogP contribution in [0, 0.1) is 5.92 Å². The number of carbonyl (C=O) groups excluding carboxylic acids is 1. The van der Waals surface area contributed by atoms with Crippen LogP contribution in [0.3, 0.4) is 0 Å². The van der Waals surface area contributed by atoms with Crippen LogP contribution < -0.4 is 0 Å². The van der Waals surface area contributed by atoms with Crippen molar-refractivity contribution in [3.05, 3.63) is 35.2 Å². The van der Waals surface area contributed by atoms with E-state index in [-0.39, 0.29) is 11.9 Å². The van der Waals surface area contributed by atoms with Crippen LogP contribution in [0.15, 0.2) is 24.0 Å². The van der Waals surface area contributed by atoms with Crippen LogP contribution in [0.5, 0.6) is 0 Å². The molecule has 1 aromatic rings. The smallest absolute Gasteiger partial charge is 0.167 e. The minimum Gasteiger partial charge on any atom is -0.373 e. The molecule has 0 saturated carbocycles. The maximum Gasteiger partial charge on any atom is 0.167 e. The number of fused-ring (bicyclic) bond motifs is 2. The SMILES string of the molecule is CC(C)C1CC2=C(CO1)c1cnccc1C(=O)C2. The van der Waals surface area contributed by atoms with Crippen molar-refractivity contribution in [1.29, 1.82) is 0 Å². The fraction of sp³-hybridized carbons (Fsp3) is 0.467. The standard InChI is InChI=1S/C15H17NO2/c1-9(2)15-6-10-5-14(17)11-3-4-16-7-12(11)13(10)8-18-15/h3-4,7,9,15H,5-6,8H2,1-2H3. The van der Waals surface area contributed by atoms with Crippen LogP contribution in [-0.2, 0) is 4.74 Å². The predicted molar refractivity (Wildman–Crippen MR) is 69.3 cm³/mol. The van der Waals surface area contributed by atoms with Gasteiger partial charge in [-0.3, -0.25) is 9.78 Å². The van der Waals surface area contributed by atoms with Crippen molar-refractivity contribution < 1.29 is 9.53 Å². The first-order valence-electron chi connectivity index (χ1n) is 6.47. The summed E-state index contributed by atoms with van der Waals surface area (Å²) >= 11 is 0. The minimum absolute atomic E-state index is 0.218. The van der Waals surface area contributed by atoms with Crippen LogP contribution in [0.25, 0.3) is 5.57 Å². The van der Waals surface area contributed by atoms with Gasteiger partial charge < -0.3 is 4.74 Å². The number of ketones is 1. The Labute approximate surface area is 107 Å². The van der Waals surface area contributed by atoms with E-state index < -0.39 is 0 Å². The zero-order valence-corrected chi connectivity index (χ0v) is 10.8. The van der Waals surface area contributed by atoms with E-state index in [2.05, 4.69) is 18.8 Å². The Morgan fingerprint density at radius 1 is 1.39 bits per heavy atom. The van der Waals surface area contributed by atoms with Gasteiger partial charge in [-0.25, -0.2) is 0 Å². The molecule has 0 N–H and O–H groups in total. The first-order valence-corrected chi connectivity index (χ1v) is 6.47. The van der Waals surface area contributed by atoms with Crippen LogP contribution in [0.1, 0.15) is 42.6 Å². The number of rotatable bonds is 1. The molecule has 0 bridgehead atoms. The molecule has 18 heavy (non-hydrogen) atoms. The summed E-state index contributed by atoms with van der Waals surface area (Å²) in [5.41, 5.74) is 4.22. The summed E-state index contributed by atoms with van der Waals surface area (Å²) < 4.78 is 5.90. The van der Waals surface area contributed by atoms with Gasteiger partial charge in [0.25, 0.3) is 0 Å². The maximum absolute atomic E-state index is 12.1. The molecule has 3 heteroatoms. The van der Waals surface area contributed by atoms with Crippen molar-refractivity contribution in [2.75, 3.05) is 6.61 Å². The van der Waals surface area contributed by atoms with Crippen molar-refractivity contribution >= 4 is 11.4 Å². The Balaban J connectivity index is 2.02. The van der Waals surface area contributed by atoms with Gasteiger partial charge >= 0.3 is 0 Å². The molecule has 1 aliphatic heterocycles. The molecule has 3 rings (SSSR count). The average Bonchev–Trinajstić information content (AvgIpc) is 2.38.